The van der Waals surface area contributed by atoms with Crippen molar-refractivity contribution in [2.75, 3.05) is 21.2 Å². The van der Waals surface area contributed by atoms with Crippen LogP contribution in [0.3, 0.4) is 0 Å². The van der Waals surface area contributed by atoms with Crippen molar-refractivity contribution in [2.24, 2.45) is 11.8 Å². The maximum Gasteiger partial charge on any atom is 0.308 e. The fraction of sp³-hybridized carbons (Fsp3) is 0.786. The van der Waals surface area contributed by atoms with Gasteiger partial charge in [-0.25, -0.2) is 0 Å². The molecule has 11 heteroatoms. The van der Waals surface area contributed by atoms with Crippen LogP contribution in [-0.4, -0.2) is 120 Å². The second-order valence-corrected chi connectivity index (χ2v) is 10.9. The van der Waals surface area contributed by atoms with E-state index in [1.165, 1.54) is 7.11 Å². The van der Waals surface area contributed by atoms with Gasteiger partial charge in [0.25, 0.3) is 0 Å². The van der Waals surface area contributed by atoms with Gasteiger partial charge in [-0.15, -0.1) is 0 Å². The first-order chi connectivity index (χ1) is 18.4. The molecule has 0 saturated carbocycles. The lowest BCUT2D eigenvalue weighted by Crippen LogP contribution is -2.63. The molecule has 4 N–H and O–H groups in total. The quantitative estimate of drug-likeness (QED) is 0.268. The molecule has 1 saturated heterocycles. The highest BCUT2D eigenvalue weighted by atomic mass is 16.7. The van der Waals surface area contributed by atoms with Gasteiger partial charge >= 0.3 is 5.97 Å². The number of esters is 1. The summed E-state index contributed by atoms with van der Waals surface area (Å²) in [4.78, 5) is 26.1. The van der Waals surface area contributed by atoms with Crippen molar-refractivity contribution in [1.82, 2.24) is 4.90 Å². The van der Waals surface area contributed by atoms with Crippen LogP contribution in [0, 0.1) is 11.8 Å². The number of allylic oxidation sites excluding steroid dienone is 2. The largest absolute Gasteiger partial charge is 0.462 e. The molecule has 2 aliphatic rings. The van der Waals surface area contributed by atoms with E-state index in [0.29, 0.717) is 12.8 Å². The molecule has 0 aromatic carbocycles. The Labute approximate surface area is 231 Å². The number of aldehydes is 1. The second kappa shape index (κ2) is 15.9. The molecule has 224 valence electrons. The highest BCUT2D eigenvalue weighted by Gasteiger charge is 2.47. The number of ether oxygens (including phenoxy) is 4. The van der Waals surface area contributed by atoms with Gasteiger partial charge in [0.1, 0.15) is 24.6 Å². The molecule has 0 aromatic rings. The van der Waals surface area contributed by atoms with E-state index in [4.69, 9.17) is 18.9 Å². The Morgan fingerprint density at radius 2 is 1.77 bits per heavy atom. The lowest BCUT2D eigenvalue weighted by molar-refractivity contribution is -0.309. The molecule has 39 heavy (non-hydrogen) atoms. The monoisotopic (exact) mass is 557 g/mol. The van der Waals surface area contributed by atoms with Crippen molar-refractivity contribution in [3.05, 3.63) is 24.3 Å². The smallest absolute Gasteiger partial charge is 0.308 e. The zero-order chi connectivity index (χ0) is 29.3. The summed E-state index contributed by atoms with van der Waals surface area (Å²) in [6.45, 7) is 5.22. The number of hydrogen-bond acceptors (Lipinski definition) is 11. The maximum absolute atomic E-state index is 12.6. The molecule has 0 spiro atoms. The van der Waals surface area contributed by atoms with Crippen molar-refractivity contribution in [3.8, 4) is 0 Å². The Morgan fingerprint density at radius 3 is 2.38 bits per heavy atom. The highest BCUT2D eigenvalue weighted by Crippen LogP contribution is 2.33. The number of aliphatic hydroxyl groups is 4. The number of cyclic esters (lactones) is 1. The van der Waals surface area contributed by atoms with Gasteiger partial charge < -0.3 is 49.1 Å². The van der Waals surface area contributed by atoms with Crippen LogP contribution in [0.15, 0.2) is 24.3 Å². The van der Waals surface area contributed by atoms with Gasteiger partial charge in [-0.1, -0.05) is 31.2 Å². The third-order valence-corrected chi connectivity index (χ3v) is 7.52. The Bertz CT molecular complexity index is 820. The summed E-state index contributed by atoms with van der Waals surface area (Å²) in [5, 5.41) is 43.6. The maximum atomic E-state index is 12.6. The molecule has 11 nitrogen and oxygen atoms in total. The number of likely N-dealkylation sites (N-methyl/N-ethyl adjacent to an activating group) is 1. The number of methoxy groups -OCH3 is 1. The SMILES string of the molecule is CO[C@H]1[C@@H](O[C@@H]2O[C@H](C)[C@@H](O)[C@H](N(C)C)[C@H]2O)[C@@H](CC=O)C[C@@H](C)[C@H](O)/C=C/C=C/C[C@@H](C)OC(=O)C[C@@H]1O. The molecule has 0 unspecified atom stereocenters. The van der Waals surface area contributed by atoms with E-state index in [1.807, 2.05) is 13.0 Å². The molecule has 0 aromatic heterocycles. The van der Waals surface area contributed by atoms with Gasteiger partial charge in [0.05, 0.1) is 43.0 Å². The molecule has 0 radical (unpaired) electrons. The number of nitrogens with zero attached hydrogens (tertiary/aromatic N) is 1. The van der Waals surface area contributed by atoms with E-state index >= 15 is 0 Å². The molecule has 0 bridgehead atoms. The zero-order valence-corrected chi connectivity index (χ0v) is 23.8. The normalized spacial score (nSPS) is 43.0. The fourth-order valence-electron chi connectivity index (χ4n) is 5.29. The van der Waals surface area contributed by atoms with Gasteiger partial charge in [0.2, 0.25) is 0 Å². The van der Waals surface area contributed by atoms with Gasteiger partial charge in [0.15, 0.2) is 6.29 Å². The minimum absolute atomic E-state index is 0.00247. The Balaban J connectivity index is 2.48. The summed E-state index contributed by atoms with van der Waals surface area (Å²) in [7, 11) is 4.79. The van der Waals surface area contributed by atoms with E-state index in [0.717, 1.165) is 6.29 Å². The van der Waals surface area contributed by atoms with Crippen LogP contribution < -0.4 is 0 Å². The fourth-order valence-corrected chi connectivity index (χ4v) is 5.29. The molecule has 2 heterocycles. The molecule has 12 atom stereocenters. The Morgan fingerprint density at radius 1 is 1.08 bits per heavy atom. The molecule has 1 fully saturated rings. The molecule has 2 aliphatic heterocycles. The van der Waals surface area contributed by atoms with Crippen molar-refractivity contribution < 1.29 is 49.0 Å². The van der Waals surface area contributed by atoms with E-state index < -0.39 is 73.1 Å². The van der Waals surface area contributed by atoms with Crippen LogP contribution in [0.5, 0.6) is 0 Å². The third kappa shape index (κ3) is 9.43. The number of aliphatic hydroxyl groups excluding tert-OH is 4. The van der Waals surface area contributed by atoms with Gasteiger partial charge in [-0.2, -0.15) is 0 Å². The molecule has 0 amide bonds. The lowest BCUT2D eigenvalue weighted by atomic mass is 9.82. The first-order valence-corrected chi connectivity index (χ1v) is 13.6. The average molecular weight is 558 g/mol. The van der Waals surface area contributed by atoms with E-state index in [-0.39, 0.29) is 18.8 Å². The second-order valence-electron chi connectivity index (χ2n) is 10.9. The standard InChI is InChI=1S/C28H47NO10/c1-16-14-19(12-13-30)26(39-28-25(35)23(29(4)5)24(34)18(3)38-28)27(36-6)21(32)15-22(33)37-17(2)10-8-7-9-11-20(16)31/h7-9,11,13,16-21,23-28,31-32,34-35H,10,12,14-15H2,1-6H3/b8-7+,11-9+/t16-,17-,18-,19+,20-,21+,23+,24-,25-,26+,27-,28+/m1/s1. The number of hydrogen-bond donors (Lipinski definition) is 4. The molecule has 2 rings (SSSR count). The van der Waals surface area contributed by atoms with Gasteiger partial charge in [-0.05, 0) is 46.2 Å². The molecular formula is C28H47NO10. The summed E-state index contributed by atoms with van der Waals surface area (Å²) in [6.07, 6.45) is -0.965. The van der Waals surface area contributed by atoms with Crippen molar-refractivity contribution in [3.63, 3.8) is 0 Å². The number of carbonyl (C=O) groups excluding carboxylic acids is 2. The minimum atomic E-state index is -1.37. The van der Waals surface area contributed by atoms with Crippen molar-refractivity contribution >= 4 is 12.3 Å². The first-order valence-electron chi connectivity index (χ1n) is 13.6. The summed E-state index contributed by atoms with van der Waals surface area (Å²) in [5.74, 6) is -1.53. The van der Waals surface area contributed by atoms with Crippen molar-refractivity contribution in [1.29, 1.82) is 0 Å². The highest BCUT2D eigenvalue weighted by molar-refractivity contribution is 5.70. The van der Waals surface area contributed by atoms with Gasteiger partial charge in [-0.3, -0.25) is 4.79 Å². The number of rotatable bonds is 6. The predicted octanol–water partition coefficient (Wildman–Crippen LogP) is 0.575. The minimum Gasteiger partial charge on any atom is -0.462 e. The van der Waals surface area contributed by atoms with Crippen LogP contribution in [0.4, 0.5) is 0 Å². The molecule has 0 aliphatic carbocycles. The van der Waals surface area contributed by atoms with Gasteiger partial charge in [0, 0.05) is 20.0 Å². The topological polar surface area (TPSA) is 155 Å². The average Bonchev–Trinajstić information content (AvgIpc) is 2.85. The third-order valence-electron chi connectivity index (χ3n) is 7.52. The summed E-state index contributed by atoms with van der Waals surface area (Å²) >= 11 is 0. The van der Waals surface area contributed by atoms with Crippen LogP contribution in [0.1, 0.15) is 46.5 Å². The summed E-state index contributed by atoms with van der Waals surface area (Å²) < 4.78 is 23.2. The Hall–Kier alpha value is -1.70. The summed E-state index contributed by atoms with van der Waals surface area (Å²) in [6, 6.07) is -0.712. The summed E-state index contributed by atoms with van der Waals surface area (Å²) in [5.41, 5.74) is 0. The first kappa shape index (κ1) is 33.5. The number of carbonyl (C=O) groups is 2. The van der Waals surface area contributed by atoms with Crippen LogP contribution in [0.2, 0.25) is 0 Å². The van der Waals surface area contributed by atoms with Crippen LogP contribution in [-0.2, 0) is 28.5 Å². The predicted molar refractivity (Wildman–Crippen MR) is 143 cm³/mol. The lowest BCUT2D eigenvalue weighted by Gasteiger charge is -2.46. The van der Waals surface area contributed by atoms with Crippen LogP contribution in [0.25, 0.3) is 0 Å². The Kier molecular flexibility index (Phi) is 13.7. The van der Waals surface area contributed by atoms with E-state index in [1.54, 1.807) is 51.1 Å². The van der Waals surface area contributed by atoms with Crippen molar-refractivity contribution in [2.45, 2.75) is 108 Å². The van der Waals surface area contributed by atoms with E-state index in [9.17, 15) is 30.0 Å². The zero-order valence-electron chi connectivity index (χ0n) is 23.8. The van der Waals surface area contributed by atoms with E-state index in [2.05, 4.69) is 0 Å². The molecular weight excluding hydrogens is 510 g/mol. The van der Waals surface area contributed by atoms with Crippen LogP contribution >= 0.6 is 0 Å².